The van der Waals surface area contributed by atoms with Gasteiger partial charge in [-0.15, -0.1) is 0 Å². The summed E-state index contributed by atoms with van der Waals surface area (Å²) in [6.07, 6.45) is 3.35. The highest BCUT2D eigenvalue weighted by molar-refractivity contribution is 6.47. The second-order valence-electron chi connectivity index (χ2n) is 7.27. The second-order valence-corrected chi connectivity index (χ2v) is 7.27. The Hall–Kier alpha value is -1.86. The van der Waals surface area contributed by atoms with Gasteiger partial charge in [0.05, 0.1) is 5.56 Å². The van der Waals surface area contributed by atoms with Gasteiger partial charge in [0.15, 0.2) is 0 Å². The summed E-state index contributed by atoms with van der Waals surface area (Å²) >= 11 is 0. The number of fused-ring (bicyclic) bond motifs is 1. The summed E-state index contributed by atoms with van der Waals surface area (Å²) in [5.41, 5.74) is 0.787. The minimum atomic E-state index is -1.14. The molecule has 2 heterocycles. The van der Waals surface area contributed by atoms with Crippen molar-refractivity contribution < 1.29 is 24.4 Å². The molecule has 3 rings (SSSR count). The van der Waals surface area contributed by atoms with Gasteiger partial charge in [-0.1, -0.05) is 12.1 Å². The maximum Gasteiger partial charge on any atom is 0.526 e. The summed E-state index contributed by atoms with van der Waals surface area (Å²) in [5, 5.41) is 19.5. The van der Waals surface area contributed by atoms with E-state index in [1.807, 2.05) is 0 Å². The van der Waals surface area contributed by atoms with Gasteiger partial charge in [0.1, 0.15) is 11.5 Å². The third-order valence-corrected chi connectivity index (χ3v) is 5.30. The normalized spacial score (nSPS) is 21.5. The maximum atomic E-state index is 12.4. The molecular formula is C18H24BNO5. The van der Waals surface area contributed by atoms with E-state index in [0.29, 0.717) is 18.8 Å². The zero-order valence-corrected chi connectivity index (χ0v) is 14.5. The number of para-hydroxylation sites is 1. The van der Waals surface area contributed by atoms with Crippen LogP contribution < -0.4 is 4.65 Å². The molecule has 1 aromatic carbocycles. The van der Waals surface area contributed by atoms with Crippen LogP contribution in [0.3, 0.4) is 0 Å². The zero-order valence-electron chi connectivity index (χ0n) is 14.5. The topological polar surface area (TPSA) is 87.1 Å². The highest BCUT2D eigenvalue weighted by atomic mass is 16.5. The fourth-order valence-corrected chi connectivity index (χ4v) is 3.79. The number of carboxylic acids is 1. The van der Waals surface area contributed by atoms with E-state index in [0.717, 1.165) is 31.5 Å². The molecule has 134 valence electrons. The molecule has 1 fully saturated rings. The minimum Gasteiger partial charge on any atom is -0.535 e. The van der Waals surface area contributed by atoms with Crippen LogP contribution in [0, 0.1) is 5.92 Å². The fourth-order valence-electron chi connectivity index (χ4n) is 3.79. The molecule has 1 atom stereocenters. The van der Waals surface area contributed by atoms with E-state index in [2.05, 4.69) is 11.9 Å². The number of aromatic carboxylic acids is 1. The summed E-state index contributed by atoms with van der Waals surface area (Å²) in [6.45, 7) is 2.05. The molecule has 2 N–H and O–H groups in total. The van der Waals surface area contributed by atoms with E-state index in [1.165, 1.54) is 6.07 Å². The summed E-state index contributed by atoms with van der Waals surface area (Å²) in [4.78, 5) is 26.0. The Labute approximate surface area is 147 Å². The van der Waals surface area contributed by atoms with Crippen LogP contribution >= 0.6 is 0 Å². The Morgan fingerprint density at radius 2 is 2.00 bits per heavy atom. The summed E-state index contributed by atoms with van der Waals surface area (Å²) < 4.78 is 5.46. The molecular weight excluding hydrogens is 321 g/mol. The first-order chi connectivity index (χ1) is 11.9. The van der Waals surface area contributed by atoms with Gasteiger partial charge in [-0.3, -0.25) is 4.79 Å². The number of ketones is 1. The zero-order chi connectivity index (χ0) is 18.0. The molecule has 0 aliphatic carbocycles. The molecule has 1 saturated heterocycles. The first kappa shape index (κ1) is 18.0. The van der Waals surface area contributed by atoms with Gasteiger partial charge in [0, 0.05) is 18.7 Å². The van der Waals surface area contributed by atoms with Crippen molar-refractivity contribution in [2.75, 3.05) is 20.1 Å². The van der Waals surface area contributed by atoms with Gasteiger partial charge < -0.3 is 19.7 Å². The number of benzene rings is 1. The SMILES string of the molecule is CN1CCC(CC(=O)C[C@H]2Cc3cccc(C(=O)O)c3OB2O)CC1. The maximum absolute atomic E-state index is 12.4. The molecule has 0 radical (unpaired) electrons. The molecule has 6 nitrogen and oxygen atoms in total. The molecule has 0 spiro atoms. The second kappa shape index (κ2) is 7.58. The summed E-state index contributed by atoms with van der Waals surface area (Å²) in [6, 6.07) is 4.92. The molecule has 0 unspecified atom stereocenters. The Balaban J connectivity index is 1.61. The smallest absolute Gasteiger partial charge is 0.526 e. The molecule has 0 aromatic heterocycles. The van der Waals surface area contributed by atoms with Gasteiger partial charge in [0.2, 0.25) is 0 Å². The predicted molar refractivity (Wildman–Crippen MR) is 93.9 cm³/mol. The minimum absolute atomic E-state index is 0.0488. The van der Waals surface area contributed by atoms with E-state index in [9.17, 15) is 19.7 Å². The average molecular weight is 345 g/mol. The van der Waals surface area contributed by atoms with E-state index in [1.54, 1.807) is 12.1 Å². The van der Waals surface area contributed by atoms with E-state index < -0.39 is 13.1 Å². The number of carbonyl (C=O) groups excluding carboxylic acids is 1. The monoisotopic (exact) mass is 345 g/mol. The highest BCUT2D eigenvalue weighted by Gasteiger charge is 2.38. The van der Waals surface area contributed by atoms with Crippen LogP contribution in [0.2, 0.25) is 5.82 Å². The van der Waals surface area contributed by atoms with Gasteiger partial charge in [-0.2, -0.15) is 0 Å². The van der Waals surface area contributed by atoms with Crippen molar-refractivity contribution in [1.82, 2.24) is 4.90 Å². The van der Waals surface area contributed by atoms with Crippen molar-refractivity contribution in [2.24, 2.45) is 5.92 Å². The number of piperidine rings is 1. The standard InChI is InChI=1S/C18H24BNO5/c1-20-7-5-12(6-8-20)9-15(21)11-14-10-13-3-2-4-16(18(22)23)17(13)25-19(14)24/h2-4,12,14,24H,5-11H2,1H3,(H,22,23)/t14-/m1/s1. The molecule has 7 heteroatoms. The molecule has 0 saturated carbocycles. The Kier molecular flexibility index (Phi) is 5.44. The number of hydrogen-bond donors (Lipinski definition) is 2. The van der Waals surface area contributed by atoms with E-state index in [4.69, 9.17) is 4.65 Å². The highest BCUT2D eigenvalue weighted by Crippen LogP contribution is 2.36. The Morgan fingerprint density at radius 3 is 2.68 bits per heavy atom. The van der Waals surface area contributed by atoms with Crippen LogP contribution in [0.15, 0.2) is 18.2 Å². The van der Waals surface area contributed by atoms with Crippen molar-refractivity contribution in [2.45, 2.75) is 37.9 Å². The number of nitrogens with zero attached hydrogens (tertiary/aromatic N) is 1. The number of Topliss-reactive ketones (excluding diaryl/α,β-unsaturated/α-hetero) is 1. The van der Waals surface area contributed by atoms with Crippen molar-refractivity contribution >= 4 is 18.9 Å². The van der Waals surface area contributed by atoms with Crippen molar-refractivity contribution in [3.8, 4) is 5.75 Å². The Morgan fingerprint density at radius 1 is 1.28 bits per heavy atom. The van der Waals surface area contributed by atoms with Gasteiger partial charge in [-0.05, 0) is 56.9 Å². The number of carboxylic acid groups (broad SMARTS) is 1. The number of hydrogen-bond acceptors (Lipinski definition) is 5. The number of likely N-dealkylation sites (tertiary alicyclic amines) is 1. The van der Waals surface area contributed by atoms with Crippen molar-refractivity contribution in [3.63, 3.8) is 0 Å². The lowest BCUT2D eigenvalue weighted by Crippen LogP contribution is -2.36. The van der Waals surface area contributed by atoms with Crippen LogP contribution in [0.5, 0.6) is 5.75 Å². The van der Waals surface area contributed by atoms with Gasteiger partial charge in [-0.25, -0.2) is 4.79 Å². The lowest BCUT2D eigenvalue weighted by molar-refractivity contribution is -0.120. The lowest BCUT2D eigenvalue weighted by Gasteiger charge is -2.30. The molecule has 0 bridgehead atoms. The fraction of sp³-hybridized carbons (Fsp3) is 0.556. The van der Waals surface area contributed by atoms with E-state index >= 15 is 0 Å². The lowest BCUT2D eigenvalue weighted by atomic mass is 9.64. The first-order valence-electron chi connectivity index (χ1n) is 8.84. The van der Waals surface area contributed by atoms with Gasteiger partial charge >= 0.3 is 13.1 Å². The molecule has 0 amide bonds. The summed E-state index contributed by atoms with van der Waals surface area (Å²) in [5.74, 6) is -0.603. The average Bonchev–Trinajstić information content (AvgIpc) is 2.57. The Bertz CT molecular complexity index is 657. The summed E-state index contributed by atoms with van der Waals surface area (Å²) in [7, 11) is 0.950. The molecule has 2 aliphatic heterocycles. The largest absolute Gasteiger partial charge is 0.535 e. The first-order valence-corrected chi connectivity index (χ1v) is 8.84. The number of carbonyl (C=O) groups is 2. The quantitative estimate of drug-likeness (QED) is 0.792. The number of rotatable bonds is 5. The third kappa shape index (κ3) is 4.22. The van der Waals surface area contributed by atoms with Crippen molar-refractivity contribution in [1.29, 1.82) is 0 Å². The van der Waals surface area contributed by atoms with Crippen LogP contribution in [0.4, 0.5) is 0 Å². The molecule has 2 aliphatic rings. The van der Waals surface area contributed by atoms with Crippen molar-refractivity contribution in [3.05, 3.63) is 29.3 Å². The van der Waals surface area contributed by atoms with Gasteiger partial charge in [0.25, 0.3) is 0 Å². The van der Waals surface area contributed by atoms with Crippen LogP contribution in [0.25, 0.3) is 0 Å². The van der Waals surface area contributed by atoms with E-state index in [-0.39, 0.29) is 29.3 Å². The van der Waals surface area contributed by atoms with Crippen LogP contribution in [-0.4, -0.2) is 54.0 Å². The molecule has 25 heavy (non-hydrogen) atoms. The predicted octanol–water partition coefficient (Wildman–Crippen LogP) is 1.86. The third-order valence-electron chi connectivity index (χ3n) is 5.30. The molecule has 1 aromatic rings. The van der Waals surface area contributed by atoms with Crippen LogP contribution in [-0.2, 0) is 11.2 Å². The van der Waals surface area contributed by atoms with Crippen LogP contribution in [0.1, 0.15) is 41.6 Å².